The van der Waals surface area contributed by atoms with Crippen LogP contribution in [-0.4, -0.2) is 29.7 Å². The smallest absolute Gasteiger partial charge is 0.0484 e. The van der Waals surface area contributed by atoms with Crippen LogP contribution in [0.3, 0.4) is 0 Å². The Kier molecular flexibility index (Phi) is 2.72. The minimum atomic E-state index is -0.230. The third-order valence-corrected chi connectivity index (χ3v) is 3.27. The summed E-state index contributed by atoms with van der Waals surface area (Å²) in [5.74, 6) is 0.449. The van der Waals surface area contributed by atoms with E-state index < -0.39 is 0 Å². The molecule has 3 nitrogen and oxygen atoms in total. The zero-order valence-corrected chi connectivity index (χ0v) is 9.35. The van der Waals surface area contributed by atoms with Crippen LogP contribution in [0.4, 0.5) is 0 Å². The molecule has 1 heterocycles. The maximum Gasteiger partial charge on any atom is 0.0484 e. The van der Waals surface area contributed by atoms with E-state index in [-0.39, 0.29) is 11.1 Å². The Balaban J connectivity index is 2.80. The van der Waals surface area contributed by atoms with Crippen LogP contribution >= 0.6 is 0 Å². The van der Waals surface area contributed by atoms with Crippen LogP contribution in [0.15, 0.2) is 0 Å². The third kappa shape index (κ3) is 1.73. The summed E-state index contributed by atoms with van der Waals surface area (Å²) >= 11 is 0. The minimum absolute atomic E-state index is 0.203. The van der Waals surface area contributed by atoms with E-state index >= 15 is 0 Å². The van der Waals surface area contributed by atoms with Crippen LogP contribution in [0.25, 0.3) is 0 Å². The van der Waals surface area contributed by atoms with Gasteiger partial charge in [0.25, 0.3) is 0 Å². The fourth-order valence-corrected chi connectivity index (χ4v) is 2.45. The van der Waals surface area contributed by atoms with Gasteiger partial charge in [0.15, 0.2) is 0 Å². The lowest BCUT2D eigenvalue weighted by atomic mass is 9.87. The molecule has 0 aromatic heterocycles. The molecule has 0 amide bonds. The second kappa shape index (κ2) is 3.23. The van der Waals surface area contributed by atoms with Crippen molar-refractivity contribution in [3.8, 4) is 0 Å². The van der Waals surface area contributed by atoms with Gasteiger partial charge in [0.2, 0.25) is 0 Å². The Morgan fingerprint density at radius 1 is 1.38 bits per heavy atom. The largest absolute Gasteiger partial charge is 0.319 e. The first kappa shape index (κ1) is 11.0. The van der Waals surface area contributed by atoms with Crippen molar-refractivity contribution in [1.82, 2.24) is 10.4 Å². The molecule has 1 radical (unpaired) electrons. The predicted molar refractivity (Wildman–Crippen MR) is 52.7 cm³/mol. The highest BCUT2D eigenvalue weighted by molar-refractivity contribution is 5.02. The van der Waals surface area contributed by atoms with Crippen LogP contribution < -0.4 is 5.32 Å². The molecular weight excluding hydrogens is 164 g/mol. The SMILES string of the molecule is CNCC1CC(C)(C)N([O])C1(C)C. The molecule has 0 aliphatic carbocycles. The molecule has 0 aromatic rings. The minimum Gasteiger partial charge on any atom is -0.319 e. The first-order valence-electron chi connectivity index (χ1n) is 4.94. The monoisotopic (exact) mass is 185 g/mol. The Bertz CT molecular complexity index is 189. The number of hydroxylamine groups is 2. The number of nitrogens with zero attached hydrogens (tertiary/aromatic N) is 1. The van der Waals surface area contributed by atoms with E-state index in [0.717, 1.165) is 13.0 Å². The van der Waals surface area contributed by atoms with Crippen molar-refractivity contribution >= 4 is 0 Å². The van der Waals surface area contributed by atoms with Crippen LogP contribution in [-0.2, 0) is 5.21 Å². The van der Waals surface area contributed by atoms with E-state index in [4.69, 9.17) is 0 Å². The normalized spacial score (nSPS) is 32.3. The first-order valence-corrected chi connectivity index (χ1v) is 4.94. The van der Waals surface area contributed by atoms with Crippen molar-refractivity contribution in [1.29, 1.82) is 0 Å². The average Bonchev–Trinajstić information content (AvgIpc) is 2.14. The number of nitrogens with one attached hydrogen (secondary N) is 1. The molecule has 0 aromatic carbocycles. The van der Waals surface area contributed by atoms with Gasteiger partial charge in [-0.2, -0.15) is 0 Å². The van der Waals surface area contributed by atoms with Crippen LogP contribution in [0, 0.1) is 5.92 Å². The molecule has 3 heteroatoms. The van der Waals surface area contributed by atoms with Gasteiger partial charge in [-0.25, -0.2) is 0 Å². The summed E-state index contributed by atoms with van der Waals surface area (Å²) in [5, 5.41) is 16.3. The Hall–Kier alpha value is -0.120. The van der Waals surface area contributed by atoms with E-state index in [0.29, 0.717) is 5.92 Å². The molecule has 1 N–H and O–H groups in total. The second-order valence-electron chi connectivity index (χ2n) is 5.22. The van der Waals surface area contributed by atoms with E-state index in [1.54, 1.807) is 0 Å². The standard InChI is InChI=1S/C10H21N2O/c1-9(2)6-8(7-11-5)10(3,4)12(9)13/h8,11H,6-7H2,1-5H3. The third-order valence-electron chi connectivity index (χ3n) is 3.27. The van der Waals surface area contributed by atoms with E-state index in [1.807, 2.05) is 34.7 Å². The van der Waals surface area contributed by atoms with Gasteiger partial charge < -0.3 is 5.32 Å². The van der Waals surface area contributed by atoms with E-state index in [1.165, 1.54) is 5.06 Å². The van der Waals surface area contributed by atoms with Crippen molar-refractivity contribution in [3.05, 3.63) is 0 Å². The number of hydrogen-bond donors (Lipinski definition) is 1. The molecule has 13 heavy (non-hydrogen) atoms. The van der Waals surface area contributed by atoms with Gasteiger partial charge in [-0.05, 0) is 53.6 Å². The molecule has 0 saturated carbocycles. The molecule has 77 valence electrons. The first-order chi connectivity index (χ1) is 5.82. The Morgan fingerprint density at radius 2 is 1.92 bits per heavy atom. The summed E-state index contributed by atoms with van der Waals surface area (Å²) in [5.41, 5.74) is -0.433. The number of hydrogen-bond acceptors (Lipinski definition) is 2. The van der Waals surface area contributed by atoms with Gasteiger partial charge in [0, 0.05) is 11.1 Å². The Labute approximate surface area is 81.1 Å². The van der Waals surface area contributed by atoms with E-state index in [9.17, 15) is 5.21 Å². The quantitative estimate of drug-likeness (QED) is 0.706. The van der Waals surface area contributed by atoms with E-state index in [2.05, 4.69) is 5.32 Å². The summed E-state index contributed by atoms with van der Waals surface area (Å²) in [6.07, 6.45) is 0.977. The molecule has 1 aliphatic heterocycles. The molecule has 1 unspecified atom stereocenters. The predicted octanol–water partition coefficient (Wildman–Crippen LogP) is 1.43. The molecule has 1 aliphatic rings. The van der Waals surface area contributed by atoms with Crippen molar-refractivity contribution < 1.29 is 5.21 Å². The average molecular weight is 185 g/mol. The Morgan fingerprint density at radius 3 is 2.23 bits per heavy atom. The second-order valence-corrected chi connectivity index (χ2v) is 5.22. The van der Waals surface area contributed by atoms with Crippen molar-refractivity contribution in [3.63, 3.8) is 0 Å². The highest BCUT2D eigenvalue weighted by atomic mass is 16.5. The summed E-state index contributed by atoms with van der Waals surface area (Å²) in [4.78, 5) is 0. The van der Waals surface area contributed by atoms with Gasteiger partial charge in [0.05, 0.1) is 0 Å². The molecule has 1 rings (SSSR count). The van der Waals surface area contributed by atoms with Crippen LogP contribution in [0.2, 0.25) is 0 Å². The lowest BCUT2D eigenvalue weighted by molar-refractivity contribution is -0.248. The highest BCUT2D eigenvalue weighted by Gasteiger charge is 2.51. The molecule has 1 fully saturated rings. The van der Waals surface area contributed by atoms with Gasteiger partial charge in [-0.1, -0.05) is 0 Å². The fraction of sp³-hybridized carbons (Fsp3) is 1.00. The number of rotatable bonds is 2. The van der Waals surface area contributed by atoms with Gasteiger partial charge in [-0.3, -0.25) is 0 Å². The van der Waals surface area contributed by atoms with Crippen molar-refractivity contribution in [2.24, 2.45) is 5.92 Å². The summed E-state index contributed by atoms with van der Waals surface area (Å²) in [6, 6.07) is 0. The topological polar surface area (TPSA) is 35.2 Å². The summed E-state index contributed by atoms with van der Waals surface area (Å²) in [6.45, 7) is 9.05. The zero-order chi connectivity index (χ0) is 10.3. The maximum absolute atomic E-state index is 11.9. The lowest BCUT2D eigenvalue weighted by Gasteiger charge is -2.33. The molecular formula is C10H21N2O. The fourth-order valence-electron chi connectivity index (χ4n) is 2.45. The summed E-state index contributed by atoms with van der Waals surface area (Å²) in [7, 11) is 1.94. The lowest BCUT2D eigenvalue weighted by Crippen LogP contribution is -2.47. The molecule has 0 spiro atoms. The van der Waals surface area contributed by atoms with Gasteiger partial charge >= 0.3 is 0 Å². The van der Waals surface area contributed by atoms with Crippen molar-refractivity contribution in [2.75, 3.05) is 13.6 Å². The van der Waals surface area contributed by atoms with Crippen molar-refractivity contribution in [2.45, 2.75) is 45.2 Å². The van der Waals surface area contributed by atoms with Gasteiger partial charge in [-0.15, -0.1) is 10.3 Å². The van der Waals surface area contributed by atoms with Crippen LogP contribution in [0.5, 0.6) is 0 Å². The van der Waals surface area contributed by atoms with Gasteiger partial charge in [0.1, 0.15) is 0 Å². The zero-order valence-electron chi connectivity index (χ0n) is 9.35. The summed E-state index contributed by atoms with van der Waals surface area (Å²) < 4.78 is 0. The van der Waals surface area contributed by atoms with Crippen LogP contribution in [0.1, 0.15) is 34.1 Å². The molecule has 1 saturated heterocycles. The molecule has 0 bridgehead atoms. The maximum atomic E-state index is 11.9. The highest BCUT2D eigenvalue weighted by Crippen LogP contribution is 2.43. The molecule has 1 atom stereocenters.